The van der Waals surface area contributed by atoms with Crippen LogP contribution >= 0.6 is 23.4 Å². The van der Waals surface area contributed by atoms with Crippen LogP contribution in [0.1, 0.15) is 22.3 Å². The van der Waals surface area contributed by atoms with E-state index < -0.39 is 0 Å². The zero-order valence-electron chi connectivity index (χ0n) is 15.2. The van der Waals surface area contributed by atoms with E-state index in [1.165, 1.54) is 11.8 Å². The lowest BCUT2D eigenvalue weighted by Gasteiger charge is -2.07. The summed E-state index contributed by atoms with van der Waals surface area (Å²) in [6, 6.07) is 14.4. The second-order valence-corrected chi connectivity index (χ2v) is 7.27. The standard InChI is InChI=1S/C20H23ClN2O3S/c1-26-12-2-11-22-20(25)16-5-3-15(4-6-16)13-27-14-19(24)23-18-9-7-17(21)8-10-18/h3-10H,2,11-14H2,1H3,(H,22,25)(H,23,24). The SMILES string of the molecule is COCCCNC(=O)c1ccc(CSCC(=O)Nc2ccc(Cl)cc2)cc1. The number of hydrogen-bond acceptors (Lipinski definition) is 4. The van der Waals surface area contributed by atoms with Gasteiger partial charge in [-0.15, -0.1) is 11.8 Å². The molecule has 0 radical (unpaired) electrons. The van der Waals surface area contributed by atoms with E-state index in [0.29, 0.717) is 35.2 Å². The summed E-state index contributed by atoms with van der Waals surface area (Å²) in [6.45, 7) is 1.22. The lowest BCUT2D eigenvalue weighted by molar-refractivity contribution is -0.113. The van der Waals surface area contributed by atoms with Crippen molar-refractivity contribution in [3.63, 3.8) is 0 Å². The van der Waals surface area contributed by atoms with Crippen molar-refractivity contribution in [3.05, 3.63) is 64.7 Å². The molecule has 27 heavy (non-hydrogen) atoms. The van der Waals surface area contributed by atoms with Crippen molar-refractivity contribution in [3.8, 4) is 0 Å². The van der Waals surface area contributed by atoms with Crippen molar-refractivity contribution in [1.29, 1.82) is 0 Å². The van der Waals surface area contributed by atoms with Gasteiger partial charge in [-0.05, 0) is 48.4 Å². The zero-order chi connectivity index (χ0) is 19.5. The molecule has 0 aliphatic heterocycles. The Morgan fingerprint density at radius 3 is 2.44 bits per heavy atom. The van der Waals surface area contributed by atoms with Gasteiger partial charge in [0.25, 0.3) is 5.91 Å². The van der Waals surface area contributed by atoms with E-state index in [1.54, 1.807) is 43.5 Å². The summed E-state index contributed by atoms with van der Waals surface area (Å²) in [4.78, 5) is 23.9. The van der Waals surface area contributed by atoms with Crippen LogP contribution in [0.2, 0.25) is 5.02 Å². The van der Waals surface area contributed by atoms with E-state index in [2.05, 4.69) is 10.6 Å². The van der Waals surface area contributed by atoms with Crippen molar-refractivity contribution >= 4 is 40.9 Å². The molecule has 0 unspecified atom stereocenters. The van der Waals surface area contributed by atoms with Gasteiger partial charge in [-0.2, -0.15) is 0 Å². The molecule has 7 heteroatoms. The highest BCUT2D eigenvalue weighted by Crippen LogP contribution is 2.16. The van der Waals surface area contributed by atoms with Crippen molar-refractivity contribution in [2.45, 2.75) is 12.2 Å². The predicted molar refractivity (Wildman–Crippen MR) is 112 cm³/mol. The van der Waals surface area contributed by atoms with Crippen molar-refractivity contribution in [1.82, 2.24) is 5.32 Å². The number of carbonyl (C=O) groups excluding carboxylic acids is 2. The third kappa shape index (κ3) is 8.03. The molecule has 0 aliphatic carbocycles. The highest BCUT2D eigenvalue weighted by molar-refractivity contribution is 7.99. The predicted octanol–water partition coefficient (Wildman–Crippen LogP) is 3.98. The molecular formula is C20H23ClN2O3S. The lowest BCUT2D eigenvalue weighted by Crippen LogP contribution is -2.25. The molecule has 0 fully saturated rings. The lowest BCUT2D eigenvalue weighted by atomic mass is 10.1. The molecule has 0 atom stereocenters. The first-order chi connectivity index (χ1) is 13.1. The van der Waals surface area contributed by atoms with Gasteiger partial charge < -0.3 is 15.4 Å². The smallest absolute Gasteiger partial charge is 0.251 e. The van der Waals surface area contributed by atoms with Crippen LogP contribution in [0.4, 0.5) is 5.69 Å². The van der Waals surface area contributed by atoms with Gasteiger partial charge in [-0.3, -0.25) is 9.59 Å². The molecular weight excluding hydrogens is 384 g/mol. The Labute approximate surface area is 168 Å². The van der Waals surface area contributed by atoms with Crippen molar-refractivity contribution in [2.75, 3.05) is 31.3 Å². The number of ether oxygens (including phenoxy) is 1. The summed E-state index contributed by atoms with van der Waals surface area (Å²) in [5.41, 5.74) is 2.42. The van der Waals surface area contributed by atoms with E-state index >= 15 is 0 Å². The molecule has 2 aromatic carbocycles. The second-order valence-electron chi connectivity index (χ2n) is 5.85. The summed E-state index contributed by atoms with van der Waals surface area (Å²) in [6.07, 6.45) is 0.787. The van der Waals surface area contributed by atoms with E-state index in [1.807, 2.05) is 12.1 Å². The van der Waals surface area contributed by atoms with Gasteiger partial charge in [0.1, 0.15) is 0 Å². The average Bonchev–Trinajstić information content (AvgIpc) is 2.67. The molecule has 0 saturated heterocycles. The minimum Gasteiger partial charge on any atom is -0.385 e. The van der Waals surface area contributed by atoms with E-state index in [0.717, 1.165) is 17.7 Å². The third-order valence-electron chi connectivity index (χ3n) is 3.66. The molecule has 2 rings (SSSR count). The molecule has 0 bridgehead atoms. The largest absolute Gasteiger partial charge is 0.385 e. The molecule has 0 saturated carbocycles. The van der Waals surface area contributed by atoms with Gasteiger partial charge in [0.05, 0.1) is 5.75 Å². The third-order valence-corrected chi connectivity index (χ3v) is 4.91. The van der Waals surface area contributed by atoms with Crippen LogP contribution in [-0.2, 0) is 15.3 Å². The number of halogens is 1. The van der Waals surface area contributed by atoms with Crippen LogP contribution in [0.5, 0.6) is 0 Å². The van der Waals surface area contributed by atoms with Gasteiger partial charge in [0.2, 0.25) is 5.91 Å². The molecule has 144 valence electrons. The number of nitrogens with one attached hydrogen (secondary N) is 2. The summed E-state index contributed by atoms with van der Waals surface area (Å²) in [7, 11) is 1.64. The molecule has 0 spiro atoms. The summed E-state index contributed by atoms with van der Waals surface area (Å²) in [5.74, 6) is 0.899. The number of anilines is 1. The van der Waals surface area contributed by atoms with Gasteiger partial charge >= 0.3 is 0 Å². The highest BCUT2D eigenvalue weighted by Gasteiger charge is 2.06. The molecule has 0 aliphatic rings. The monoisotopic (exact) mass is 406 g/mol. The number of amides is 2. The van der Waals surface area contributed by atoms with Crippen LogP contribution in [0.3, 0.4) is 0 Å². The minimum atomic E-state index is -0.0901. The zero-order valence-corrected chi connectivity index (χ0v) is 16.7. The quantitative estimate of drug-likeness (QED) is 0.585. The number of thioether (sulfide) groups is 1. The Hall–Kier alpha value is -2.02. The number of rotatable bonds is 10. The second kappa shape index (κ2) is 11.6. The van der Waals surface area contributed by atoms with E-state index in [4.69, 9.17) is 16.3 Å². The fraction of sp³-hybridized carbons (Fsp3) is 0.300. The Bertz CT molecular complexity index is 736. The topological polar surface area (TPSA) is 67.4 Å². The normalized spacial score (nSPS) is 10.4. The number of benzene rings is 2. The maximum atomic E-state index is 12.0. The fourth-order valence-corrected chi connectivity index (χ4v) is 3.18. The Kier molecular flexibility index (Phi) is 9.18. The van der Waals surface area contributed by atoms with Crippen LogP contribution in [-0.4, -0.2) is 37.8 Å². The first-order valence-corrected chi connectivity index (χ1v) is 10.1. The molecule has 0 aromatic heterocycles. The number of hydrogen-bond donors (Lipinski definition) is 2. The summed E-state index contributed by atoms with van der Waals surface area (Å²) >= 11 is 7.34. The van der Waals surface area contributed by atoms with Crippen molar-refractivity contribution in [2.24, 2.45) is 0 Å². The Morgan fingerprint density at radius 2 is 1.78 bits per heavy atom. The Morgan fingerprint density at radius 1 is 1.07 bits per heavy atom. The summed E-state index contributed by atoms with van der Waals surface area (Å²) in [5, 5.41) is 6.31. The molecule has 2 amide bonds. The van der Waals surface area contributed by atoms with Crippen LogP contribution in [0, 0.1) is 0 Å². The maximum absolute atomic E-state index is 12.0. The Balaban J connectivity index is 1.70. The first kappa shape index (κ1) is 21.3. The van der Waals surface area contributed by atoms with Crippen molar-refractivity contribution < 1.29 is 14.3 Å². The van der Waals surface area contributed by atoms with E-state index in [9.17, 15) is 9.59 Å². The fourth-order valence-electron chi connectivity index (χ4n) is 2.26. The summed E-state index contributed by atoms with van der Waals surface area (Å²) < 4.78 is 4.95. The van der Waals surface area contributed by atoms with E-state index in [-0.39, 0.29) is 11.8 Å². The molecule has 2 aromatic rings. The first-order valence-electron chi connectivity index (χ1n) is 8.57. The molecule has 2 N–H and O–H groups in total. The molecule has 0 heterocycles. The number of methoxy groups -OCH3 is 1. The van der Waals surface area contributed by atoms with Gasteiger partial charge in [-0.25, -0.2) is 0 Å². The van der Waals surface area contributed by atoms with Crippen LogP contribution in [0.25, 0.3) is 0 Å². The highest BCUT2D eigenvalue weighted by atomic mass is 35.5. The number of carbonyl (C=O) groups is 2. The maximum Gasteiger partial charge on any atom is 0.251 e. The average molecular weight is 407 g/mol. The van der Waals surface area contributed by atoms with Crippen LogP contribution in [0.15, 0.2) is 48.5 Å². The van der Waals surface area contributed by atoms with Gasteiger partial charge in [0.15, 0.2) is 0 Å². The molecule has 5 nitrogen and oxygen atoms in total. The minimum absolute atomic E-state index is 0.0608. The van der Waals surface area contributed by atoms with Gasteiger partial charge in [-0.1, -0.05) is 23.7 Å². The van der Waals surface area contributed by atoms with Crippen LogP contribution < -0.4 is 10.6 Å². The van der Waals surface area contributed by atoms with Gasteiger partial charge in [0, 0.05) is 42.3 Å².